The second-order valence-corrected chi connectivity index (χ2v) is 3.52. The fourth-order valence-electron chi connectivity index (χ4n) is 1.14. The first-order valence-corrected chi connectivity index (χ1v) is 4.71. The van der Waals surface area contributed by atoms with E-state index >= 15 is 0 Å². The number of rotatable bonds is 2. The molecule has 0 saturated carbocycles. The Labute approximate surface area is 89.0 Å². The first-order chi connectivity index (χ1) is 6.81. The Bertz CT molecular complexity index is 428. The van der Waals surface area contributed by atoms with Gasteiger partial charge in [0.25, 0.3) is 0 Å². The van der Waals surface area contributed by atoms with Gasteiger partial charge in [-0.15, -0.1) is 0 Å². The number of benzene rings is 1. The quantitative estimate of drug-likeness (QED) is 0.827. The molecule has 0 aliphatic heterocycles. The monoisotopic (exact) mass is 254 g/mol. The van der Waals surface area contributed by atoms with Crippen molar-refractivity contribution in [2.75, 3.05) is 7.11 Å². The van der Waals surface area contributed by atoms with E-state index in [4.69, 9.17) is 4.74 Å². The minimum Gasteiger partial charge on any atom is -0.496 e. The summed E-state index contributed by atoms with van der Waals surface area (Å²) in [4.78, 5) is 3.95. The van der Waals surface area contributed by atoms with Gasteiger partial charge in [-0.2, -0.15) is 4.98 Å². The van der Waals surface area contributed by atoms with Crippen LogP contribution in [0.2, 0.25) is 0 Å². The molecular formula is C9H7BrN2O2. The molecule has 5 heteroatoms. The highest BCUT2D eigenvalue weighted by molar-refractivity contribution is 9.10. The van der Waals surface area contributed by atoms with Crippen LogP contribution >= 0.6 is 15.9 Å². The van der Waals surface area contributed by atoms with Crippen molar-refractivity contribution in [3.63, 3.8) is 0 Å². The second kappa shape index (κ2) is 3.79. The number of methoxy groups -OCH3 is 1. The van der Waals surface area contributed by atoms with Gasteiger partial charge < -0.3 is 9.26 Å². The van der Waals surface area contributed by atoms with Gasteiger partial charge in [0.2, 0.25) is 12.2 Å². The Morgan fingerprint density at radius 2 is 2.29 bits per heavy atom. The van der Waals surface area contributed by atoms with Crippen LogP contribution in [0.5, 0.6) is 5.75 Å². The van der Waals surface area contributed by atoms with Gasteiger partial charge in [-0.05, 0) is 18.2 Å². The van der Waals surface area contributed by atoms with Gasteiger partial charge in [-0.25, -0.2) is 0 Å². The molecule has 72 valence electrons. The standard InChI is InChI=1S/C9H7BrN2O2/c1-13-8-4-6(10)2-3-7(8)9-11-5-14-12-9/h2-5H,1H3. The zero-order valence-electron chi connectivity index (χ0n) is 7.40. The minimum absolute atomic E-state index is 0.523. The van der Waals surface area contributed by atoms with E-state index in [0.717, 1.165) is 10.0 Å². The molecule has 1 aromatic heterocycles. The number of ether oxygens (including phenoxy) is 1. The summed E-state index contributed by atoms with van der Waals surface area (Å²) in [5.74, 6) is 1.23. The Hall–Kier alpha value is -1.36. The van der Waals surface area contributed by atoms with Gasteiger partial charge in [0.1, 0.15) is 5.75 Å². The van der Waals surface area contributed by atoms with E-state index < -0.39 is 0 Å². The molecule has 2 rings (SSSR count). The van der Waals surface area contributed by atoms with Gasteiger partial charge in [0.15, 0.2) is 0 Å². The van der Waals surface area contributed by atoms with Crippen LogP contribution in [0, 0.1) is 0 Å². The fraction of sp³-hybridized carbons (Fsp3) is 0.111. The Morgan fingerprint density at radius 1 is 1.43 bits per heavy atom. The average Bonchev–Trinajstić information content (AvgIpc) is 2.70. The summed E-state index contributed by atoms with van der Waals surface area (Å²) in [5.41, 5.74) is 0.810. The third-order valence-corrected chi connectivity index (χ3v) is 2.26. The summed E-state index contributed by atoms with van der Waals surface area (Å²) in [5, 5.41) is 3.74. The highest BCUT2D eigenvalue weighted by atomic mass is 79.9. The number of nitrogens with zero attached hydrogens (tertiary/aromatic N) is 2. The molecule has 0 atom stereocenters. The highest BCUT2D eigenvalue weighted by Crippen LogP contribution is 2.29. The van der Waals surface area contributed by atoms with Gasteiger partial charge in [-0.1, -0.05) is 21.1 Å². The molecule has 0 unspecified atom stereocenters. The first kappa shape index (κ1) is 9.21. The predicted molar refractivity (Wildman–Crippen MR) is 54.0 cm³/mol. The van der Waals surface area contributed by atoms with Crippen molar-refractivity contribution >= 4 is 15.9 Å². The fourth-order valence-corrected chi connectivity index (χ4v) is 1.48. The van der Waals surface area contributed by atoms with E-state index in [2.05, 4.69) is 30.6 Å². The van der Waals surface area contributed by atoms with Crippen molar-refractivity contribution in [2.24, 2.45) is 0 Å². The van der Waals surface area contributed by atoms with Crippen LogP contribution in [0.15, 0.2) is 33.6 Å². The topological polar surface area (TPSA) is 48.2 Å². The summed E-state index contributed by atoms with van der Waals surface area (Å²) in [7, 11) is 1.60. The molecule has 0 aliphatic carbocycles. The summed E-state index contributed by atoms with van der Waals surface area (Å²) < 4.78 is 10.8. The van der Waals surface area contributed by atoms with Crippen LogP contribution in [0.3, 0.4) is 0 Å². The van der Waals surface area contributed by atoms with E-state index in [-0.39, 0.29) is 0 Å². The maximum atomic E-state index is 5.20. The van der Waals surface area contributed by atoms with E-state index in [9.17, 15) is 0 Å². The molecular weight excluding hydrogens is 248 g/mol. The molecule has 0 spiro atoms. The highest BCUT2D eigenvalue weighted by Gasteiger charge is 2.09. The zero-order valence-corrected chi connectivity index (χ0v) is 8.98. The lowest BCUT2D eigenvalue weighted by Crippen LogP contribution is -1.89. The van der Waals surface area contributed by atoms with Gasteiger partial charge in [0, 0.05) is 4.47 Å². The number of hydrogen-bond donors (Lipinski definition) is 0. The smallest absolute Gasteiger partial charge is 0.214 e. The largest absolute Gasteiger partial charge is 0.496 e. The molecule has 0 fully saturated rings. The summed E-state index contributed by atoms with van der Waals surface area (Å²) in [6, 6.07) is 5.62. The van der Waals surface area contributed by atoms with Crippen LogP contribution in [0.25, 0.3) is 11.4 Å². The second-order valence-electron chi connectivity index (χ2n) is 2.60. The minimum atomic E-state index is 0.523. The van der Waals surface area contributed by atoms with Crippen LogP contribution in [-0.2, 0) is 0 Å². The summed E-state index contributed by atoms with van der Waals surface area (Å²) in [6.07, 6.45) is 1.29. The lowest BCUT2D eigenvalue weighted by Gasteiger charge is -2.04. The third-order valence-electron chi connectivity index (χ3n) is 1.77. The Morgan fingerprint density at radius 3 is 2.93 bits per heavy atom. The SMILES string of the molecule is COc1cc(Br)ccc1-c1ncon1. The maximum absolute atomic E-state index is 5.20. The summed E-state index contributed by atoms with van der Waals surface area (Å²) >= 11 is 3.36. The molecule has 0 radical (unpaired) electrons. The van der Waals surface area contributed by atoms with Crippen molar-refractivity contribution in [3.05, 3.63) is 29.1 Å². The normalized spacial score (nSPS) is 10.1. The van der Waals surface area contributed by atoms with Crippen molar-refractivity contribution < 1.29 is 9.26 Å². The van der Waals surface area contributed by atoms with Gasteiger partial charge in [0.05, 0.1) is 12.7 Å². The molecule has 0 N–H and O–H groups in total. The third kappa shape index (κ3) is 1.63. The molecule has 0 amide bonds. The van der Waals surface area contributed by atoms with Crippen molar-refractivity contribution in [1.82, 2.24) is 10.1 Å². The van der Waals surface area contributed by atoms with Crippen molar-refractivity contribution in [1.29, 1.82) is 0 Å². The van der Waals surface area contributed by atoms with Crippen LogP contribution in [0.1, 0.15) is 0 Å². The van der Waals surface area contributed by atoms with E-state index in [1.54, 1.807) is 7.11 Å². The molecule has 0 saturated heterocycles. The first-order valence-electron chi connectivity index (χ1n) is 3.91. The maximum Gasteiger partial charge on any atom is 0.214 e. The molecule has 4 nitrogen and oxygen atoms in total. The van der Waals surface area contributed by atoms with Crippen LogP contribution in [0.4, 0.5) is 0 Å². The van der Waals surface area contributed by atoms with E-state index in [1.165, 1.54) is 6.39 Å². The number of aromatic nitrogens is 2. The molecule has 0 aliphatic rings. The molecule has 1 heterocycles. The number of hydrogen-bond acceptors (Lipinski definition) is 4. The van der Waals surface area contributed by atoms with Crippen LogP contribution < -0.4 is 4.74 Å². The van der Waals surface area contributed by atoms with Crippen molar-refractivity contribution in [2.45, 2.75) is 0 Å². The lowest BCUT2D eigenvalue weighted by atomic mass is 10.2. The summed E-state index contributed by atoms with van der Waals surface area (Å²) in [6.45, 7) is 0. The molecule has 14 heavy (non-hydrogen) atoms. The van der Waals surface area contributed by atoms with E-state index in [0.29, 0.717) is 11.6 Å². The average molecular weight is 255 g/mol. The Kier molecular flexibility index (Phi) is 2.49. The molecule has 1 aromatic carbocycles. The van der Waals surface area contributed by atoms with Gasteiger partial charge >= 0.3 is 0 Å². The van der Waals surface area contributed by atoms with Gasteiger partial charge in [-0.3, -0.25) is 0 Å². The molecule has 2 aromatic rings. The lowest BCUT2D eigenvalue weighted by molar-refractivity contribution is 0.410. The molecule has 0 bridgehead atoms. The van der Waals surface area contributed by atoms with Crippen LogP contribution in [-0.4, -0.2) is 17.3 Å². The Balaban J connectivity index is 2.53. The zero-order chi connectivity index (χ0) is 9.97. The predicted octanol–water partition coefficient (Wildman–Crippen LogP) is 2.51. The van der Waals surface area contributed by atoms with E-state index in [1.807, 2.05) is 18.2 Å². The van der Waals surface area contributed by atoms with Crippen molar-refractivity contribution in [3.8, 4) is 17.1 Å². The number of halogens is 1.